The number of nitrogens with one attached hydrogen (secondary N) is 2. The first-order valence-corrected chi connectivity index (χ1v) is 3.47. The Bertz CT molecular complexity index is 132. The highest BCUT2D eigenvalue weighted by molar-refractivity contribution is 5.98. The van der Waals surface area contributed by atoms with Gasteiger partial charge in [-0.05, 0) is 13.3 Å². The van der Waals surface area contributed by atoms with Gasteiger partial charge in [0.05, 0.1) is 6.42 Å². The SMILES string of the molecule is CCCNC(=O)CC(C)=N. The third kappa shape index (κ3) is 5.28. The molecule has 0 spiro atoms. The van der Waals surface area contributed by atoms with Crippen molar-refractivity contribution in [2.75, 3.05) is 6.54 Å². The number of hydrogen-bond acceptors (Lipinski definition) is 2. The predicted molar refractivity (Wildman–Crippen MR) is 41.3 cm³/mol. The van der Waals surface area contributed by atoms with Gasteiger partial charge in [0.15, 0.2) is 0 Å². The maximum atomic E-state index is 10.8. The first-order chi connectivity index (χ1) is 4.66. The highest BCUT2D eigenvalue weighted by Crippen LogP contribution is 1.82. The van der Waals surface area contributed by atoms with Crippen molar-refractivity contribution >= 4 is 11.6 Å². The summed E-state index contributed by atoms with van der Waals surface area (Å²) in [5, 5.41) is 9.68. The van der Waals surface area contributed by atoms with Gasteiger partial charge in [-0.25, -0.2) is 0 Å². The zero-order valence-corrected chi connectivity index (χ0v) is 6.53. The molecule has 0 fully saturated rings. The zero-order valence-electron chi connectivity index (χ0n) is 6.53. The fourth-order valence-electron chi connectivity index (χ4n) is 0.568. The molecule has 0 rings (SSSR count). The van der Waals surface area contributed by atoms with Gasteiger partial charge in [0.2, 0.25) is 5.91 Å². The molecule has 0 unspecified atom stereocenters. The quantitative estimate of drug-likeness (QED) is 0.564. The molecular weight excluding hydrogens is 128 g/mol. The van der Waals surface area contributed by atoms with Gasteiger partial charge < -0.3 is 10.7 Å². The van der Waals surface area contributed by atoms with Crippen LogP contribution in [0.2, 0.25) is 0 Å². The van der Waals surface area contributed by atoms with Crippen LogP contribution in [0, 0.1) is 5.41 Å². The summed E-state index contributed by atoms with van der Waals surface area (Å²) in [6.07, 6.45) is 1.18. The van der Waals surface area contributed by atoms with Gasteiger partial charge >= 0.3 is 0 Å². The van der Waals surface area contributed by atoms with E-state index < -0.39 is 0 Å². The second-order valence-corrected chi connectivity index (χ2v) is 2.31. The molecule has 58 valence electrons. The van der Waals surface area contributed by atoms with Crippen molar-refractivity contribution in [2.24, 2.45) is 0 Å². The van der Waals surface area contributed by atoms with E-state index in [-0.39, 0.29) is 12.3 Å². The second kappa shape index (κ2) is 4.97. The average Bonchev–Trinajstić information content (AvgIpc) is 1.82. The molecule has 3 nitrogen and oxygen atoms in total. The third-order valence-corrected chi connectivity index (χ3v) is 0.998. The Labute approximate surface area is 61.3 Å². The van der Waals surface area contributed by atoms with Crippen LogP contribution in [0.25, 0.3) is 0 Å². The van der Waals surface area contributed by atoms with Crippen molar-refractivity contribution in [3.05, 3.63) is 0 Å². The average molecular weight is 142 g/mol. The second-order valence-electron chi connectivity index (χ2n) is 2.31. The van der Waals surface area contributed by atoms with E-state index in [1.165, 1.54) is 0 Å². The van der Waals surface area contributed by atoms with Crippen LogP contribution in [-0.4, -0.2) is 18.2 Å². The predicted octanol–water partition coefficient (Wildman–Crippen LogP) is 0.942. The molecule has 0 aromatic carbocycles. The van der Waals surface area contributed by atoms with E-state index in [0.717, 1.165) is 6.42 Å². The largest absolute Gasteiger partial charge is 0.356 e. The maximum absolute atomic E-state index is 10.8. The standard InChI is InChI=1S/C7H14N2O/c1-3-4-9-7(10)5-6(2)8/h8H,3-5H2,1-2H3,(H,9,10). The van der Waals surface area contributed by atoms with Gasteiger partial charge in [-0.3, -0.25) is 4.79 Å². The third-order valence-electron chi connectivity index (χ3n) is 0.998. The number of amides is 1. The van der Waals surface area contributed by atoms with Gasteiger partial charge in [0.1, 0.15) is 0 Å². The van der Waals surface area contributed by atoms with E-state index in [1.54, 1.807) is 6.92 Å². The van der Waals surface area contributed by atoms with Crippen molar-refractivity contribution in [2.45, 2.75) is 26.7 Å². The highest BCUT2D eigenvalue weighted by atomic mass is 16.1. The minimum atomic E-state index is -0.0469. The molecule has 2 N–H and O–H groups in total. The molecule has 0 bridgehead atoms. The fourth-order valence-corrected chi connectivity index (χ4v) is 0.568. The first-order valence-electron chi connectivity index (χ1n) is 3.47. The Morgan fingerprint density at radius 3 is 2.60 bits per heavy atom. The van der Waals surface area contributed by atoms with Crippen molar-refractivity contribution in [1.82, 2.24) is 5.32 Å². The molecule has 0 atom stereocenters. The molecule has 0 saturated heterocycles. The van der Waals surface area contributed by atoms with E-state index in [0.29, 0.717) is 12.3 Å². The molecule has 0 aromatic rings. The highest BCUT2D eigenvalue weighted by Gasteiger charge is 1.98. The number of carbonyl (C=O) groups is 1. The Hall–Kier alpha value is -0.860. The van der Waals surface area contributed by atoms with Crippen LogP contribution >= 0.6 is 0 Å². The Kier molecular flexibility index (Phi) is 4.54. The van der Waals surface area contributed by atoms with Crippen LogP contribution in [0.5, 0.6) is 0 Å². The Morgan fingerprint density at radius 1 is 1.60 bits per heavy atom. The zero-order chi connectivity index (χ0) is 7.98. The number of carbonyl (C=O) groups excluding carboxylic acids is 1. The molecule has 0 aliphatic rings. The lowest BCUT2D eigenvalue weighted by molar-refractivity contribution is -0.119. The molecule has 0 saturated carbocycles. The van der Waals surface area contributed by atoms with E-state index in [9.17, 15) is 4.79 Å². The number of hydrogen-bond donors (Lipinski definition) is 2. The molecule has 10 heavy (non-hydrogen) atoms. The van der Waals surface area contributed by atoms with Crippen LogP contribution in [0.4, 0.5) is 0 Å². The monoisotopic (exact) mass is 142 g/mol. The van der Waals surface area contributed by atoms with Gasteiger partial charge in [-0.1, -0.05) is 6.92 Å². The molecular formula is C7H14N2O. The van der Waals surface area contributed by atoms with E-state index in [1.807, 2.05) is 6.92 Å². The molecule has 0 aliphatic carbocycles. The van der Waals surface area contributed by atoms with E-state index in [2.05, 4.69) is 5.32 Å². The molecule has 0 aromatic heterocycles. The maximum Gasteiger partial charge on any atom is 0.225 e. The van der Waals surface area contributed by atoms with Crippen LogP contribution in [0.15, 0.2) is 0 Å². The van der Waals surface area contributed by atoms with Gasteiger partial charge in [0.25, 0.3) is 0 Å². The Balaban J connectivity index is 3.35. The summed E-state index contributed by atoms with van der Waals surface area (Å²) >= 11 is 0. The van der Waals surface area contributed by atoms with Gasteiger partial charge in [-0.2, -0.15) is 0 Å². The van der Waals surface area contributed by atoms with Crippen molar-refractivity contribution in [3.63, 3.8) is 0 Å². The fraction of sp³-hybridized carbons (Fsp3) is 0.714. The molecule has 0 heterocycles. The lowest BCUT2D eigenvalue weighted by atomic mass is 10.3. The molecule has 0 aliphatic heterocycles. The summed E-state index contributed by atoms with van der Waals surface area (Å²) in [7, 11) is 0. The lowest BCUT2D eigenvalue weighted by Gasteiger charge is -2.00. The minimum Gasteiger partial charge on any atom is -0.356 e. The van der Waals surface area contributed by atoms with Crippen molar-refractivity contribution in [1.29, 1.82) is 5.41 Å². The van der Waals surface area contributed by atoms with E-state index >= 15 is 0 Å². The van der Waals surface area contributed by atoms with Crippen LogP contribution in [0.3, 0.4) is 0 Å². The molecule has 3 heteroatoms. The minimum absolute atomic E-state index is 0.0469. The summed E-state index contributed by atoms with van der Waals surface area (Å²) in [5.74, 6) is -0.0469. The van der Waals surface area contributed by atoms with E-state index in [4.69, 9.17) is 5.41 Å². The summed E-state index contributed by atoms with van der Waals surface area (Å²) < 4.78 is 0. The summed E-state index contributed by atoms with van der Waals surface area (Å²) in [4.78, 5) is 10.8. The topological polar surface area (TPSA) is 53.0 Å². The lowest BCUT2D eigenvalue weighted by Crippen LogP contribution is -2.25. The van der Waals surface area contributed by atoms with Gasteiger partial charge in [-0.15, -0.1) is 0 Å². The first kappa shape index (κ1) is 9.14. The van der Waals surface area contributed by atoms with Crippen LogP contribution in [0.1, 0.15) is 26.7 Å². The normalized spacial score (nSPS) is 9.00. The summed E-state index contributed by atoms with van der Waals surface area (Å²) in [5.41, 5.74) is 0.411. The van der Waals surface area contributed by atoms with Crippen LogP contribution < -0.4 is 5.32 Å². The molecule has 0 radical (unpaired) electrons. The van der Waals surface area contributed by atoms with Crippen molar-refractivity contribution < 1.29 is 4.79 Å². The summed E-state index contributed by atoms with van der Waals surface area (Å²) in [6, 6.07) is 0. The van der Waals surface area contributed by atoms with Crippen LogP contribution in [-0.2, 0) is 4.79 Å². The smallest absolute Gasteiger partial charge is 0.225 e. The van der Waals surface area contributed by atoms with Crippen molar-refractivity contribution in [3.8, 4) is 0 Å². The van der Waals surface area contributed by atoms with Gasteiger partial charge in [0, 0.05) is 12.3 Å². The molecule has 1 amide bonds. The summed E-state index contributed by atoms with van der Waals surface area (Å²) in [6.45, 7) is 4.34. The number of rotatable bonds is 4. The Morgan fingerprint density at radius 2 is 2.20 bits per heavy atom.